The van der Waals surface area contributed by atoms with E-state index in [-0.39, 0.29) is 11.9 Å². The van der Waals surface area contributed by atoms with Gasteiger partial charge in [-0.3, -0.25) is 14.7 Å². The molecule has 3 rings (SSSR count). The van der Waals surface area contributed by atoms with Gasteiger partial charge in [-0.1, -0.05) is 0 Å². The average molecular weight is 274 g/mol. The maximum atomic E-state index is 12.7. The summed E-state index contributed by atoms with van der Waals surface area (Å²) in [6.07, 6.45) is 4.16. The summed E-state index contributed by atoms with van der Waals surface area (Å²) in [7, 11) is 1.85. The van der Waals surface area contributed by atoms with E-state index in [2.05, 4.69) is 22.1 Å². The van der Waals surface area contributed by atoms with Crippen LogP contribution in [0.2, 0.25) is 0 Å². The molecule has 2 unspecified atom stereocenters. The summed E-state index contributed by atoms with van der Waals surface area (Å²) in [6.45, 7) is 5.15. The molecule has 5 heteroatoms. The van der Waals surface area contributed by atoms with Gasteiger partial charge >= 0.3 is 0 Å². The average Bonchev–Trinajstić information content (AvgIpc) is 2.92. The monoisotopic (exact) mass is 274 g/mol. The Morgan fingerprint density at radius 1 is 1.45 bits per heavy atom. The topological polar surface area (TPSA) is 48.5 Å². The Hall–Kier alpha value is -1.62. The van der Waals surface area contributed by atoms with Crippen molar-refractivity contribution in [3.05, 3.63) is 24.0 Å². The van der Waals surface area contributed by atoms with Gasteiger partial charge in [0.2, 0.25) is 0 Å². The van der Waals surface area contributed by atoms with Crippen LogP contribution in [0.15, 0.2) is 18.3 Å². The molecule has 3 heterocycles. The van der Waals surface area contributed by atoms with E-state index >= 15 is 0 Å². The van der Waals surface area contributed by atoms with Gasteiger partial charge in [0.15, 0.2) is 0 Å². The molecule has 108 valence electrons. The van der Waals surface area contributed by atoms with Crippen LogP contribution < -0.4 is 5.32 Å². The molecule has 0 aromatic carbocycles. The van der Waals surface area contributed by atoms with Gasteiger partial charge in [0.25, 0.3) is 5.91 Å². The first-order valence-electron chi connectivity index (χ1n) is 7.38. The highest BCUT2D eigenvalue weighted by molar-refractivity contribution is 5.93. The SMILES string of the molecule is CNc1ccnc(C(=O)N2CC3CCCN3CC2C)c1. The van der Waals surface area contributed by atoms with Crippen LogP contribution in [0, 0.1) is 0 Å². The summed E-state index contributed by atoms with van der Waals surface area (Å²) in [5.74, 6) is 0.0566. The van der Waals surface area contributed by atoms with Gasteiger partial charge in [0.05, 0.1) is 0 Å². The number of aromatic nitrogens is 1. The fourth-order valence-electron chi connectivity index (χ4n) is 3.32. The van der Waals surface area contributed by atoms with Crippen molar-refractivity contribution in [2.24, 2.45) is 0 Å². The lowest BCUT2D eigenvalue weighted by Crippen LogP contribution is -2.56. The Balaban J connectivity index is 1.78. The number of nitrogens with one attached hydrogen (secondary N) is 1. The third kappa shape index (κ3) is 2.38. The first-order valence-corrected chi connectivity index (χ1v) is 7.38. The van der Waals surface area contributed by atoms with Crippen LogP contribution in [0.5, 0.6) is 0 Å². The number of anilines is 1. The minimum atomic E-state index is 0.0566. The number of fused-ring (bicyclic) bond motifs is 1. The molecule has 0 spiro atoms. The van der Waals surface area contributed by atoms with Crippen LogP contribution >= 0.6 is 0 Å². The molecule has 1 aromatic rings. The standard InChI is InChI=1S/C15H22N4O/c1-11-9-18-7-3-4-13(18)10-19(11)15(20)14-8-12(16-2)5-6-17-14/h5-6,8,11,13H,3-4,7,9-10H2,1-2H3,(H,16,17). The first kappa shape index (κ1) is 13.4. The van der Waals surface area contributed by atoms with E-state index in [4.69, 9.17) is 0 Å². The van der Waals surface area contributed by atoms with Crippen molar-refractivity contribution in [3.8, 4) is 0 Å². The van der Waals surface area contributed by atoms with Crippen molar-refractivity contribution in [3.63, 3.8) is 0 Å². The van der Waals surface area contributed by atoms with Crippen molar-refractivity contribution < 1.29 is 4.79 Å². The molecule has 1 amide bonds. The third-order valence-electron chi connectivity index (χ3n) is 4.47. The zero-order valence-corrected chi connectivity index (χ0v) is 12.2. The van der Waals surface area contributed by atoms with Crippen molar-refractivity contribution in [1.29, 1.82) is 0 Å². The molecular weight excluding hydrogens is 252 g/mol. The highest BCUT2D eigenvalue weighted by Crippen LogP contribution is 2.25. The number of nitrogens with zero attached hydrogens (tertiary/aromatic N) is 3. The fourth-order valence-corrected chi connectivity index (χ4v) is 3.32. The molecular formula is C15H22N4O. The van der Waals surface area contributed by atoms with Crippen LogP contribution in [-0.2, 0) is 0 Å². The number of piperazine rings is 1. The minimum Gasteiger partial charge on any atom is -0.388 e. The Labute approximate surface area is 120 Å². The maximum absolute atomic E-state index is 12.7. The van der Waals surface area contributed by atoms with Crippen LogP contribution in [-0.4, -0.2) is 59.5 Å². The molecule has 2 aliphatic rings. The largest absolute Gasteiger partial charge is 0.388 e. The number of amides is 1. The van der Waals surface area contributed by atoms with E-state index in [0.29, 0.717) is 11.7 Å². The summed E-state index contributed by atoms with van der Waals surface area (Å²) < 4.78 is 0. The number of hydrogen-bond donors (Lipinski definition) is 1. The molecule has 20 heavy (non-hydrogen) atoms. The van der Waals surface area contributed by atoms with E-state index in [1.807, 2.05) is 24.1 Å². The molecule has 5 nitrogen and oxygen atoms in total. The zero-order chi connectivity index (χ0) is 14.1. The number of hydrogen-bond acceptors (Lipinski definition) is 4. The van der Waals surface area contributed by atoms with Gasteiger partial charge in [-0.15, -0.1) is 0 Å². The predicted molar refractivity (Wildman–Crippen MR) is 78.9 cm³/mol. The molecule has 2 aliphatic heterocycles. The quantitative estimate of drug-likeness (QED) is 0.886. The Kier molecular flexibility index (Phi) is 3.61. The summed E-state index contributed by atoms with van der Waals surface area (Å²) in [5, 5.41) is 3.05. The van der Waals surface area contributed by atoms with Gasteiger partial charge in [-0.2, -0.15) is 0 Å². The van der Waals surface area contributed by atoms with Crippen LogP contribution in [0.25, 0.3) is 0 Å². The fraction of sp³-hybridized carbons (Fsp3) is 0.600. The number of pyridine rings is 1. The highest BCUT2D eigenvalue weighted by Gasteiger charge is 2.36. The number of rotatable bonds is 2. The number of carbonyl (C=O) groups is 1. The minimum absolute atomic E-state index is 0.0566. The normalized spacial score (nSPS) is 26.4. The highest BCUT2D eigenvalue weighted by atomic mass is 16.2. The van der Waals surface area contributed by atoms with Crippen LogP contribution in [0.3, 0.4) is 0 Å². The molecule has 1 N–H and O–H groups in total. The molecule has 0 bridgehead atoms. The van der Waals surface area contributed by atoms with E-state index in [0.717, 1.165) is 18.8 Å². The van der Waals surface area contributed by atoms with Crippen LogP contribution in [0.1, 0.15) is 30.3 Å². The van der Waals surface area contributed by atoms with Gasteiger partial charge < -0.3 is 10.2 Å². The van der Waals surface area contributed by atoms with E-state index in [1.54, 1.807) is 6.20 Å². The molecule has 0 saturated carbocycles. The van der Waals surface area contributed by atoms with Crippen molar-refractivity contribution in [2.75, 3.05) is 32.0 Å². The summed E-state index contributed by atoms with van der Waals surface area (Å²) in [6, 6.07) is 4.50. The second-order valence-electron chi connectivity index (χ2n) is 5.78. The zero-order valence-electron chi connectivity index (χ0n) is 12.2. The lowest BCUT2D eigenvalue weighted by atomic mass is 10.1. The lowest BCUT2D eigenvalue weighted by molar-refractivity contribution is 0.0390. The van der Waals surface area contributed by atoms with E-state index in [9.17, 15) is 4.79 Å². The van der Waals surface area contributed by atoms with Gasteiger partial charge in [0, 0.05) is 44.1 Å². The molecule has 2 fully saturated rings. The molecule has 2 saturated heterocycles. The maximum Gasteiger partial charge on any atom is 0.272 e. The Morgan fingerprint density at radius 3 is 3.10 bits per heavy atom. The summed E-state index contributed by atoms with van der Waals surface area (Å²) >= 11 is 0. The van der Waals surface area contributed by atoms with Crippen molar-refractivity contribution >= 4 is 11.6 Å². The molecule has 2 atom stereocenters. The number of carbonyl (C=O) groups excluding carboxylic acids is 1. The molecule has 1 aromatic heterocycles. The molecule has 0 aliphatic carbocycles. The first-order chi connectivity index (χ1) is 9.69. The summed E-state index contributed by atoms with van der Waals surface area (Å²) in [5.41, 5.74) is 1.46. The van der Waals surface area contributed by atoms with Gasteiger partial charge in [0.1, 0.15) is 5.69 Å². The van der Waals surface area contributed by atoms with Crippen LogP contribution in [0.4, 0.5) is 5.69 Å². The van der Waals surface area contributed by atoms with Crippen molar-refractivity contribution in [2.45, 2.75) is 31.8 Å². The molecule has 0 radical (unpaired) electrons. The predicted octanol–water partition coefficient (Wildman–Crippen LogP) is 1.43. The van der Waals surface area contributed by atoms with Gasteiger partial charge in [-0.05, 0) is 38.4 Å². The Morgan fingerprint density at radius 2 is 2.30 bits per heavy atom. The van der Waals surface area contributed by atoms with E-state index in [1.165, 1.54) is 19.4 Å². The van der Waals surface area contributed by atoms with Crippen molar-refractivity contribution in [1.82, 2.24) is 14.8 Å². The lowest BCUT2D eigenvalue weighted by Gasteiger charge is -2.42. The second kappa shape index (κ2) is 5.40. The van der Waals surface area contributed by atoms with Gasteiger partial charge in [-0.25, -0.2) is 0 Å². The second-order valence-corrected chi connectivity index (χ2v) is 5.78. The Bertz CT molecular complexity index is 504. The van der Waals surface area contributed by atoms with E-state index < -0.39 is 0 Å². The smallest absolute Gasteiger partial charge is 0.272 e. The summed E-state index contributed by atoms with van der Waals surface area (Å²) in [4.78, 5) is 21.4. The third-order valence-corrected chi connectivity index (χ3v) is 4.47.